The molecule has 1 aliphatic rings. The van der Waals surface area contributed by atoms with Gasteiger partial charge in [0, 0.05) is 43.9 Å². The second-order valence-corrected chi connectivity index (χ2v) is 6.14. The van der Waals surface area contributed by atoms with Crippen LogP contribution in [0.4, 0.5) is 4.39 Å². The first kappa shape index (κ1) is 16.4. The van der Waals surface area contributed by atoms with Crippen LogP contribution in [0.25, 0.3) is 0 Å². The van der Waals surface area contributed by atoms with Crippen molar-refractivity contribution >= 4 is 11.7 Å². The van der Waals surface area contributed by atoms with Crippen molar-refractivity contribution < 1.29 is 14.0 Å². The summed E-state index contributed by atoms with van der Waals surface area (Å²) < 4.78 is 14.8. The van der Waals surface area contributed by atoms with Gasteiger partial charge in [-0.1, -0.05) is 0 Å². The Labute approximate surface area is 140 Å². The van der Waals surface area contributed by atoms with Crippen LogP contribution in [0.1, 0.15) is 41.9 Å². The van der Waals surface area contributed by atoms with E-state index in [2.05, 4.69) is 4.98 Å². The van der Waals surface area contributed by atoms with Crippen LogP contribution < -0.4 is 0 Å². The number of rotatable bonds is 7. The molecule has 1 aliphatic carbocycles. The maximum absolute atomic E-state index is 12.9. The van der Waals surface area contributed by atoms with Crippen molar-refractivity contribution in [1.29, 1.82) is 0 Å². The predicted octanol–water partition coefficient (Wildman–Crippen LogP) is 2.71. The number of imidazole rings is 1. The summed E-state index contributed by atoms with van der Waals surface area (Å²) in [5, 5.41) is 0. The van der Waals surface area contributed by atoms with E-state index < -0.39 is 0 Å². The second kappa shape index (κ2) is 6.95. The molecule has 1 aromatic heterocycles. The van der Waals surface area contributed by atoms with Crippen molar-refractivity contribution in [2.75, 3.05) is 0 Å². The van der Waals surface area contributed by atoms with E-state index in [-0.39, 0.29) is 36.4 Å². The number of benzene rings is 1. The maximum atomic E-state index is 12.9. The summed E-state index contributed by atoms with van der Waals surface area (Å²) in [5.74, 6) is 0.282. The molecule has 1 fully saturated rings. The minimum absolute atomic E-state index is 0.0315. The molecule has 0 atom stereocenters. The van der Waals surface area contributed by atoms with Gasteiger partial charge in [-0.3, -0.25) is 9.59 Å². The number of ketones is 1. The van der Waals surface area contributed by atoms with Crippen LogP contribution in [-0.4, -0.2) is 32.2 Å². The van der Waals surface area contributed by atoms with Crippen LogP contribution in [0.3, 0.4) is 0 Å². The lowest BCUT2D eigenvalue weighted by molar-refractivity contribution is -0.132. The largest absolute Gasteiger partial charge is 0.337 e. The molecule has 0 unspecified atom stereocenters. The third-order valence-corrected chi connectivity index (χ3v) is 4.27. The Hall–Kier alpha value is -2.50. The van der Waals surface area contributed by atoms with Gasteiger partial charge >= 0.3 is 0 Å². The van der Waals surface area contributed by atoms with Crippen molar-refractivity contribution in [3.05, 3.63) is 53.9 Å². The van der Waals surface area contributed by atoms with Crippen molar-refractivity contribution in [2.45, 2.75) is 38.3 Å². The number of halogens is 1. The number of nitrogens with zero attached hydrogens (tertiary/aromatic N) is 3. The lowest BCUT2D eigenvalue weighted by Crippen LogP contribution is -2.33. The number of carbonyl (C=O) groups excluding carboxylic acids is 2. The van der Waals surface area contributed by atoms with Gasteiger partial charge < -0.3 is 9.47 Å². The van der Waals surface area contributed by atoms with Crippen LogP contribution >= 0.6 is 0 Å². The van der Waals surface area contributed by atoms with E-state index in [0.29, 0.717) is 12.1 Å². The molecule has 0 saturated heterocycles. The molecule has 0 aliphatic heterocycles. The molecule has 1 amide bonds. The molecule has 24 heavy (non-hydrogen) atoms. The molecule has 1 heterocycles. The third kappa shape index (κ3) is 3.88. The van der Waals surface area contributed by atoms with Crippen molar-refractivity contribution in [3.63, 3.8) is 0 Å². The number of Topliss-reactive ketones (excluding diaryl/α,β-unsaturated/α-hetero) is 1. The van der Waals surface area contributed by atoms with E-state index in [1.165, 1.54) is 24.3 Å². The zero-order chi connectivity index (χ0) is 17.1. The Balaban J connectivity index is 1.58. The van der Waals surface area contributed by atoms with Crippen LogP contribution in [0.15, 0.2) is 36.7 Å². The quantitative estimate of drug-likeness (QED) is 0.734. The highest BCUT2D eigenvalue weighted by molar-refractivity contribution is 5.97. The minimum atomic E-state index is -0.377. The number of amides is 1. The second-order valence-electron chi connectivity index (χ2n) is 6.14. The number of aromatic nitrogens is 2. The Morgan fingerprint density at radius 2 is 1.96 bits per heavy atom. The third-order valence-electron chi connectivity index (χ3n) is 4.27. The average Bonchev–Trinajstić information content (AvgIpc) is 3.33. The molecule has 6 heteroatoms. The molecule has 1 aromatic carbocycles. The number of hydrogen-bond acceptors (Lipinski definition) is 3. The zero-order valence-electron chi connectivity index (χ0n) is 13.6. The normalized spacial score (nSPS) is 13.8. The molecule has 1 saturated carbocycles. The highest BCUT2D eigenvalue weighted by Gasteiger charge is 2.33. The number of aryl methyl sites for hydroxylation is 1. The van der Waals surface area contributed by atoms with Crippen molar-refractivity contribution in [3.8, 4) is 0 Å². The first-order chi connectivity index (χ1) is 11.5. The van der Waals surface area contributed by atoms with Gasteiger partial charge in [0.2, 0.25) is 5.91 Å². The molecule has 5 nitrogen and oxygen atoms in total. The van der Waals surface area contributed by atoms with Crippen LogP contribution in [-0.2, 0) is 18.4 Å². The first-order valence-electron chi connectivity index (χ1n) is 8.09. The summed E-state index contributed by atoms with van der Waals surface area (Å²) >= 11 is 0. The first-order valence-corrected chi connectivity index (χ1v) is 8.09. The van der Waals surface area contributed by atoms with E-state index in [1.54, 1.807) is 6.20 Å². The van der Waals surface area contributed by atoms with Gasteiger partial charge in [-0.05, 0) is 37.1 Å². The zero-order valence-corrected chi connectivity index (χ0v) is 13.6. The van der Waals surface area contributed by atoms with Crippen LogP contribution in [0.2, 0.25) is 0 Å². The highest BCUT2D eigenvalue weighted by atomic mass is 19.1. The number of carbonyl (C=O) groups is 2. The molecule has 0 radical (unpaired) electrons. The molecule has 3 rings (SSSR count). The van der Waals surface area contributed by atoms with E-state index >= 15 is 0 Å². The van der Waals surface area contributed by atoms with E-state index in [1.807, 2.05) is 22.7 Å². The van der Waals surface area contributed by atoms with Gasteiger partial charge in [0.25, 0.3) is 0 Å². The fourth-order valence-electron chi connectivity index (χ4n) is 2.65. The van der Waals surface area contributed by atoms with Gasteiger partial charge in [0.05, 0.1) is 6.54 Å². The van der Waals surface area contributed by atoms with Gasteiger partial charge in [-0.15, -0.1) is 0 Å². The van der Waals surface area contributed by atoms with E-state index in [4.69, 9.17) is 0 Å². The minimum Gasteiger partial charge on any atom is -0.337 e. The van der Waals surface area contributed by atoms with Crippen molar-refractivity contribution in [1.82, 2.24) is 14.5 Å². The molecule has 126 valence electrons. The lowest BCUT2D eigenvalue weighted by atomic mass is 10.1. The Bertz CT molecular complexity index is 735. The van der Waals surface area contributed by atoms with Crippen molar-refractivity contribution in [2.24, 2.45) is 7.05 Å². The summed E-state index contributed by atoms with van der Waals surface area (Å²) in [5.41, 5.74) is 0.436. The van der Waals surface area contributed by atoms with Gasteiger partial charge in [-0.25, -0.2) is 9.37 Å². The smallest absolute Gasteiger partial charge is 0.223 e. The van der Waals surface area contributed by atoms with Crippen LogP contribution in [0, 0.1) is 5.82 Å². The summed E-state index contributed by atoms with van der Waals surface area (Å²) in [7, 11) is 1.90. The van der Waals surface area contributed by atoms with E-state index in [9.17, 15) is 14.0 Å². The molecule has 2 aromatic rings. The summed E-state index contributed by atoms with van der Waals surface area (Å²) in [6.45, 7) is 0.470. The number of hydrogen-bond donors (Lipinski definition) is 0. The standard InChI is InChI=1S/C18H20FN3O2/c1-21-11-10-20-17(21)12-22(15-6-7-15)18(24)9-8-16(23)13-2-4-14(19)5-3-13/h2-5,10-11,15H,6-9,12H2,1H3. The highest BCUT2D eigenvalue weighted by Crippen LogP contribution is 2.29. The topological polar surface area (TPSA) is 55.2 Å². The Morgan fingerprint density at radius 3 is 2.54 bits per heavy atom. The Kier molecular flexibility index (Phi) is 4.74. The van der Waals surface area contributed by atoms with Gasteiger partial charge in [0.15, 0.2) is 5.78 Å². The molecule has 0 spiro atoms. The average molecular weight is 329 g/mol. The summed E-state index contributed by atoms with van der Waals surface area (Å²) in [6.07, 6.45) is 5.86. The summed E-state index contributed by atoms with van der Waals surface area (Å²) in [6, 6.07) is 5.68. The van der Waals surface area contributed by atoms with E-state index in [0.717, 1.165) is 18.7 Å². The molecular weight excluding hydrogens is 309 g/mol. The fraction of sp³-hybridized carbons (Fsp3) is 0.389. The van der Waals surface area contributed by atoms with Crippen LogP contribution in [0.5, 0.6) is 0 Å². The fourth-order valence-corrected chi connectivity index (χ4v) is 2.65. The van der Waals surface area contributed by atoms with Gasteiger partial charge in [0.1, 0.15) is 11.6 Å². The summed E-state index contributed by atoms with van der Waals surface area (Å²) in [4.78, 5) is 30.7. The molecule has 0 bridgehead atoms. The lowest BCUT2D eigenvalue weighted by Gasteiger charge is -2.22. The Morgan fingerprint density at radius 1 is 1.25 bits per heavy atom. The molecule has 0 N–H and O–H groups in total. The van der Waals surface area contributed by atoms with Gasteiger partial charge in [-0.2, -0.15) is 0 Å². The monoisotopic (exact) mass is 329 g/mol. The molecular formula is C18H20FN3O2. The predicted molar refractivity (Wildman–Crippen MR) is 86.7 cm³/mol. The maximum Gasteiger partial charge on any atom is 0.223 e. The SMILES string of the molecule is Cn1ccnc1CN(C(=O)CCC(=O)c1ccc(F)cc1)C1CC1.